The molecular weight excluding hydrogens is 475 g/mol. The Bertz CT molecular complexity index is 1120. The van der Waals surface area contributed by atoms with Crippen molar-refractivity contribution in [3.8, 4) is 0 Å². The summed E-state index contributed by atoms with van der Waals surface area (Å²) in [7, 11) is 0. The summed E-state index contributed by atoms with van der Waals surface area (Å²) < 4.78 is 43.0. The number of benzene rings is 1. The molecule has 1 fully saturated rings. The molecule has 2 aromatic rings. The minimum atomic E-state index is -4.54. The van der Waals surface area contributed by atoms with Crippen LogP contribution in [0, 0.1) is 0 Å². The zero-order chi connectivity index (χ0) is 24.7. The summed E-state index contributed by atoms with van der Waals surface area (Å²) >= 11 is 0.771. The lowest BCUT2D eigenvalue weighted by Gasteiger charge is -2.13. The SMILES string of the molecule is O=C(COC(=O)Cc1cccc(C(F)(F)F)c1)NCCN1C(=O)S/C(=C\c2cccnc2)C1=O. The summed E-state index contributed by atoms with van der Waals surface area (Å²) in [5.74, 6) is -2.06. The smallest absolute Gasteiger partial charge is 0.416 e. The monoisotopic (exact) mass is 493 g/mol. The summed E-state index contributed by atoms with van der Waals surface area (Å²) in [5.41, 5.74) is -0.134. The molecule has 12 heteroatoms. The van der Waals surface area contributed by atoms with Gasteiger partial charge in [-0.1, -0.05) is 24.3 Å². The maximum Gasteiger partial charge on any atom is 0.416 e. The second kappa shape index (κ2) is 11.0. The first-order chi connectivity index (χ1) is 16.1. The number of nitrogens with zero attached hydrogens (tertiary/aromatic N) is 2. The van der Waals surface area contributed by atoms with E-state index in [9.17, 15) is 32.3 Å². The van der Waals surface area contributed by atoms with Gasteiger partial charge in [0.15, 0.2) is 6.61 Å². The predicted octanol–water partition coefficient (Wildman–Crippen LogP) is 3.04. The highest BCUT2D eigenvalue weighted by atomic mass is 32.2. The standard InChI is InChI=1S/C22H18F3N3O5S/c23-22(24,25)16-5-1-3-14(9-16)11-19(30)33-13-18(29)27-7-8-28-20(31)17(34-21(28)32)10-15-4-2-6-26-12-15/h1-6,9-10,12H,7-8,11,13H2,(H,27,29)/b17-10-. The Hall–Kier alpha value is -3.67. The molecule has 3 rings (SSSR count). The van der Waals surface area contributed by atoms with Crippen LogP contribution in [0.4, 0.5) is 18.0 Å². The normalized spacial score (nSPS) is 15.0. The van der Waals surface area contributed by atoms with Crippen molar-refractivity contribution in [1.82, 2.24) is 15.2 Å². The molecular formula is C22H18F3N3O5S. The average molecular weight is 493 g/mol. The van der Waals surface area contributed by atoms with Gasteiger partial charge in [-0.3, -0.25) is 29.1 Å². The van der Waals surface area contributed by atoms with Gasteiger partial charge in [-0.05, 0) is 41.1 Å². The Morgan fingerprint density at radius 2 is 1.97 bits per heavy atom. The number of carbonyl (C=O) groups excluding carboxylic acids is 4. The molecule has 3 amide bonds. The number of rotatable bonds is 8. The van der Waals surface area contributed by atoms with Crippen molar-refractivity contribution < 1.29 is 37.1 Å². The lowest BCUT2D eigenvalue weighted by molar-refractivity contribution is -0.148. The van der Waals surface area contributed by atoms with Gasteiger partial charge in [0.1, 0.15) is 0 Å². The molecule has 1 aromatic heterocycles. The number of imide groups is 1. The number of thioether (sulfide) groups is 1. The van der Waals surface area contributed by atoms with Gasteiger partial charge in [-0.2, -0.15) is 13.2 Å². The molecule has 0 aliphatic carbocycles. The van der Waals surface area contributed by atoms with E-state index in [1.54, 1.807) is 30.6 Å². The number of amides is 3. The van der Waals surface area contributed by atoms with E-state index in [1.807, 2.05) is 0 Å². The van der Waals surface area contributed by atoms with Crippen molar-refractivity contribution >= 4 is 40.9 Å². The third-order valence-corrected chi connectivity index (χ3v) is 5.39. The highest BCUT2D eigenvalue weighted by Crippen LogP contribution is 2.32. The van der Waals surface area contributed by atoms with E-state index in [0.29, 0.717) is 5.56 Å². The molecule has 1 saturated heterocycles. The molecule has 0 saturated carbocycles. The van der Waals surface area contributed by atoms with E-state index >= 15 is 0 Å². The maximum absolute atomic E-state index is 12.7. The number of hydrogen-bond acceptors (Lipinski definition) is 7. The summed E-state index contributed by atoms with van der Waals surface area (Å²) in [6.45, 7) is -0.804. The van der Waals surface area contributed by atoms with Crippen molar-refractivity contribution in [3.05, 3.63) is 70.4 Å². The number of halogens is 3. The van der Waals surface area contributed by atoms with Crippen LogP contribution in [0.3, 0.4) is 0 Å². The molecule has 1 aromatic carbocycles. The van der Waals surface area contributed by atoms with Gasteiger partial charge in [-0.15, -0.1) is 0 Å². The van der Waals surface area contributed by atoms with Crippen LogP contribution in [0.5, 0.6) is 0 Å². The van der Waals surface area contributed by atoms with Crippen molar-refractivity contribution in [2.45, 2.75) is 12.6 Å². The highest BCUT2D eigenvalue weighted by Gasteiger charge is 2.34. The number of carbonyl (C=O) groups is 4. The molecule has 1 aliphatic rings. The summed E-state index contributed by atoms with van der Waals surface area (Å²) in [6.07, 6.45) is -0.305. The molecule has 1 aliphatic heterocycles. The van der Waals surface area contributed by atoms with Crippen LogP contribution >= 0.6 is 11.8 Å². The first-order valence-corrected chi connectivity index (χ1v) is 10.7. The third kappa shape index (κ3) is 6.91. The third-order valence-electron chi connectivity index (χ3n) is 4.48. The Labute approximate surface area is 196 Å². The predicted molar refractivity (Wildman–Crippen MR) is 116 cm³/mol. The topological polar surface area (TPSA) is 106 Å². The molecule has 34 heavy (non-hydrogen) atoms. The van der Waals surface area contributed by atoms with Crippen molar-refractivity contribution in [1.29, 1.82) is 0 Å². The van der Waals surface area contributed by atoms with Crippen LogP contribution in [0.15, 0.2) is 53.7 Å². The second-order valence-corrected chi connectivity index (χ2v) is 8.00. The number of pyridine rings is 1. The lowest BCUT2D eigenvalue weighted by atomic mass is 10.1. The molecule has 8 nitrogen and oxygen atoms in total. The van der Waals surface area contributed by atoms with E-state index in [0.717, 1.165) is 28.8 Å². The van der Waals surface area contributed by atoms with E-state index < -0.39 is 47.8 Å². The van der Waals surface area contributed by atoms with Crippen LogP contribution in [0.2, 0.25) is 0 Å². The minimum absolute atomic E-state index is 0.0672. The summed E-state index contributed by atoms with van der Waals surface area (Å²) in [6, 6.07) is 7.66. The Kier molecular flexibility index (Phi) is 8.05. The van der Waals surface area contributed by atoms with E-state index in [1.165, 1.54) is 12.1 Å². The molecule has 2 heterocycles. The van der Waals surface area contributed by atoms with Crippen molar-refractivity contribution in [2.75, 3.05) is 19.7 Å². The van der Waals surface area contributed by atoms with Crippen LogP contribution in [0.1, 0.15) is 16.7 Å². The van der Waals surface area contributed by atoms with Crippen LogP contribution in [-0.2, 0) is 31.7 Å². The zero-order valence-electron chi connectivity index (χ0n) is 17.5. The fourth-order valence-electron chi connectivity index (χ4n) is 2.89. The molecule has 0 atom stereocenters. The van der Waals surface area contributed by atoms with Gasteiger partial charge >= 0.3 is 12.1 Å². The van der Waals surface area contributed by atoms with E-state index in [2.05, 4.69) is 10.3 Å². The van der Waals surface area contributed by atoms with Gasteiger partial charge in [0.25, 0.3) is 17.1 Å². The fraction of sp³-hybridized carbons (Fsp3) is 0.227. The molecule has 1 N–H and O–H groups in total. The van der Waals surface area contributed by atoms with Gasteiger partial charge in [0.05, 0.1) is 16.9 Å². The first-order valence-electron chi connectivity index (χ1n) is 9.87. The Balaban J connectivity index is 1.41. The number of esters is 1. The van der Waals surface area contributed by atoms with Crippen molar-refractivity contribution in [2.24, 2.45) is 0 Å². The van der Waals surface area contributed by atoms with Gasteiger partial charge in [0.2, 0.25) is 0 Å². The Morgan fingerprint density at radius 3 is 2.68 bits per heavy atom. The second-order valence-electron chi connectivity index (χ2n) is 7.01. The van der Waals surface area contributed by atoms with Crippen LogP contribution < -0.4 is 5.32 Å². The van der Waals surface area contributed by atoms with Gasteiger partial charge < -0.3 is 10.1 Å². The summed E-state index contributed by atoms with van der Waals surface area (Å²) in [4.78, 5) is 53.4. The number of alkyl halides is 3. The van der Waals surface area contributed by atoms with E-state index in [4.69, 9.17) is 4.74 Å². The highest BCUT2D eigenvalue weighted by molar-refractivity contribution is 8.18. The van der Waals surface area contributed by atoms with Gasteiger partial charge in [-0.25, -0.2) is 0 Å². The lowest BCUT2D eigenvalue weighted by Crippen LogP contribution is -2.38. The minimum Gasteiger partial charge on any atom is -0.455 e. The van der Waals surface area contributed by atoms with Crippen LogP contribution in [-0.4, -0.2) is 52.6 Å². The molecule has 0 radical (unpaired) electrons. The fourth-order valence-corrected chi connectivity index (χ4v) is 3.75. The number of nitrogens with one attached hydrogen (secondary N) is 1. The van der Waals surface area contributed by atoms with Gasteiger partial charge in [0, 0.05) is 25.5 Å². The number of aromatic nitrogens is 1. The summed E-state index contributed by atoms with van der Waals surface area (Å²) in [5, 5.41) is 1.93. The zero-order valence-corrected chi connectivity index (χ0v) is 18.3. The average Bonchev–Trinajstić information content (AvgIpc) is 3.05. The number of hydrogen-bond donors (Lipinski definition) is 1. The molecule has 178 valence electrons. The van der Waals surface area contributed by atoms with E-state index in [-0.39, 0.29) is 23.6 Å². The van der Waals surface area contributed by atoms with Crippen LogP contribution in [0.25, 0.3) is 6.08 Å². The molecule has 0 bridgehead atoms. The quantitative estimate of drug-likeness (QED) is 0.445. The Morgan fingerprint density at radius 1 is 1.18 bits per heavy atom. The molecule has 0 unspecified atom stereocenters. The maximum atomic E-state index is 12.7. The molecule has 0 spiro atoms. The van der Waals surface area contributed by atoms with Crippen molar-refractivity contribution in [3.63, 3.8) is 0 Å². The first kappa shape index (κ1) is 25.0. The largest absolute Gasteiger partial charge is 0.455 e. The number of ether oxygens (including phenoxy) is 1.